The molecule has 0 atom stereocenters. The fourth-order valence-corrected chi connectivity index (χ4v) is 2.22. The summed E-state index contributed by atoms with van der Waals surface area (Å²) in [7, 11) is 0. The van der Waals surface area contributed by atoms with Gasteiger partial charge in [-0.25, -0.2) is 0 Å². The first-order valence-electron chi connectivity index (χ1n) is 7.14. The molecule has 2 aromatic rings. The smallest absolute Gasteiger partial charge is 0.185 e. The minimum absolute atomic E-state index is 0.00469. The third-order valence-corrected chi connectivity index (χ3v) is 3.49. The molecule has 21 heavy (non-hydrogen) atoms. The van der Waals surface area contributed by atoms with Crippen LogP contribution in [0.25, 0.3) is 11.1 Å². The highest BCUT2D eigenvalue weighted by Crippen LogP contribution is 2.26. The van der Waals surface area contributed by atoms with Crippen molar-refractivity contribution in [2.24, 2.45) is 5.73 Å². The van der Waals surface area contributed by atoms with Crippen LogP contribution < -0.4 is 11.1 Å². The van der Waals surface area contributed by atoms with Crippen molar-refractivity contribution in [3.05, 3.63) is 59.7 Å². The maximum Gasteiger partial charge on any atom is 0.185 e. The number of guanidine groups is 1. The van der Waals surface area contributed by atoms with Crippen LogP contribution in [-0.4, -0.2) is 5.96 Å². The van der Waals surface area contributed by atoms with Crippen molar-refractivity contribution >= 4 is 5.96 Å². The molecule has 110 valence electrons. The van der Waals surface area contributed by atoms with Gasteiger partial charge in [0.15, 0.2) is 5.96 Å². The SMILES string of the molecule is CC(C)(C)c1ccc(-c2cccc(CNC(=N)N)c2)cc1. The number of nitrogens with one attached hydrogen (secondary N) is 2. The second-order valence-electron chi connectivity index (χ2n) is 6.29. The van der Waals surface area contributed by atoms with Crippen molar-refractivity contribution in [2.75, 3.05) is 0 Å². The van der Waals surface area contributed by atoms with Gasteiger partial charge in [0.2, 0.25) is 0 Å². The van der Waals surface area contributed by atoms with Gasteiger partial charge in [-0.05, 0) is 33.7 Å². The molecule has 2 rings (SSSR count). The van der Waals surface area contributed by atoms with Gasteiger partial charge in [0.1, 0.15) is 0 Å². The second-order valence-corrected chi connectivity index (χ2v) is 6.29. The summed E-state index contributed by atoms with van der Waals surface area (Å²) in [5.41, 5.74) is 10.3. The normalized spacial score (nSPS) is 11.2. The molecule has 0 radical (unpaired) electrons. The van der Waals surface area contributed by atoms with Gasteiger partial charge in [-0.2, -0.15) is 0 Å². The summed E-state index contributed by atoms with van der Waals surface area (Å²) in [6, 6.07) is 17.0. The predicted octanol–water partition coefficient (Wildman–Crippen LogP) is 3.63. The summed E-state index contributed by atoms with van der Waals surface area (Å²) in [6.07, 6.45) is 0. The molecule has 0 unspecified atom stereocenters. The average Bonchev–Trinajstić information content (AvgIpc) is 2.45. The highest BCUT2D eigenvalue weighted by molar-refractivity contribution is 5.74. The zero-order valence-electron chi connectivity index (χ0n) is 12.9. The van der Waals surface area contributed by atoms with Crippen LogP contribution in [0.15, 0.2) is 48.5 Å². The molecule has 3 nitrogen and oxygen atoms in total. The molecule has 0 aliphatic heterocycles. The van der Waals surface area contributed by atoms with Gasteiger partial charge in [-0.3, -0.25) is 5.41 Å². The van der Waals surface area contributed by atoms with Gasteiger partial charge >= 0.3 is 0 Å². The van der Waals surface area contributed by atoms with Crippen LogP contribution in [0.5, 0.6) is 0 Å². The molecule has 3 heteroatoms. The first-order valence-corrected chi connectivity index (χ1v) is 7.14. The zero-order chi connectivity index (χ0) is 15.5. The molecule has 4 N–H and O–H groups in total. The second kappa shape index (κ2) is 6.00. The van der Waals surface area contributed by atoms with Crippen LogP contribution in [0, 0.1) is 5.41 Å². The minimum atomic E-state index is -0.00469. The van der Waals surface area contributed by atoms with E-state index >= 15 is 0 Å². The molecular weight excluding hydrogens is 258 g/mol. The van der Waals surface area contributed by atoms with Crippen molar-refractivity contribution in [1.82, 2.24) is 5.32 Å². The quantitative estimate of drug-likeness (QED) is 0.594. The Hall–Kier alpha value is -2.29. The van der Waals surface area contributed by atoms with E-state index in [1.54, 1.807) is 0 Å². The lowest BCUT2D eigenvalue weighted by atomic mass is 9.86. The van der Waals surface area contributed by atoms with E-state index < -0.39 is 0 Å². The minimum Gasteiger partial charge on any atom is -0.370 e. The Morgan fingerprint density at radius 1 is 1.05 bits per heavy atom. The van der Waals surface area contributed by atoms with E-state index in [9.17, 15) is 0 Å². The molecular formula is C18H23N3. The van der Waals surface area contributed by atoms with E-state index in [0.29, 0.717) is 6.54 Å². The molecule has 0 heterocycles. The first kappa shape index (κ1) is 15.1. The average molecular weight is 281 g/mol. The summed E-state index contributed by atoms with van der Waals surface area (Å²) in [6.45, 7) is 7.23. The number of hydrogen-bond acceptors (Lipinski definition) is 1. The number of nitrogens with two attached hydrogens (primary N) is 1. The lowest BCUT2D eigenvalue weighted by molar-refractivity contribution is 0.590. The van der Waals surface area contributed by atoms with Crippen LogP contribution in [-0.2, 0) is 12.0 Å². The molecule has 0 saturated carbocycles. The van der Waals surface area contributed by atoms with Crippen molar-refractivity contribution in [1.29, 1.82) is 5.41 Å². The Balaban J connectivity index is 2.22. The van der Waals surface area contributed by atoms with E-state index in [0.717, 1.165) is 5.56 Å². The number of hydrogen-bond donors (Lipinski definition) is 3. The fourth-order valence-electron chi connectivity index (χ4n) is 2.22. The maximum absolute atomic E-state index is 7.21. The molecule has 0 aromatic heterocycles. The van der Waals surface area contributed by atoms with Gasteiger partial charge in [0.05, 0.1) is 0 Å². The third kappa shape index (κ3) is 4.09. The highest BCUT2D eigenvalue weighted by Gasteiger charge is 2.13. The van der Waals surface area contributed by atoms with Crippen molar-refractivity contribution in [3.63, 3.8) is 0 Å². The van der Waals surface area contributed by atoms with Crippen LogP contribution in [0.1, 0.15) is 31.9 Å². The van der Waals surface area contributed by atoms with Crippen LogP contribution in [0.4, 0.5) is 0 Å². The standard InChI is InChI=1S/C18H23N3/c1-18(2,3)16-9-7-14(8-10-16)15-6-4-5-13(11-15)12-21-17(19)20/h4-11H,12H2,1-3H3,(H4,19,20,21). The topological polar surface area (TPSA) is 61.9 Å². The van der Waals surface area contributed by atoms with Crippen molar-refractivity contribution in [2.45, 2.75) is 32.7 Å². The van der Waals surface area contributed by atoms with E-state index in [-0.39, 0.29) is 11.4 Å². The summed E-state index contributed by atoms with van der Waals surface area (Å²) >= 11 is 0. The number of rotatable bonds is 3. The van der Waals surface area contributed by atoms with Gasteiger partial charge in [0.25, 0.3) is 0 Å². The van der Waals surface area contributed by atoms with Crippen LogP contribution in [0.2, 0.25) is 0 Å². The Kier molecular flexibility index (Phi) is 4.32. The molecule has 0 fully saturated rings. The predicted molar refractivity (Wildman–Crippen MR) is 89.3 cm³/mol. The molecule has 0 aliphatic carbocycles. The monoisotopic (exact) mass is 281 g/mol. The summed E-state index contributed by atoms with van der Waals surface area (Å²) in [4.78, 5) is 0. The van der Waals surface area contributed by atoms with Crippen LogP contribution >= 0.6 is 0 Å². The molecule has 0 spiro atoms. The van der Waals surface area contributed by atoms with E-state index in [4.69, 9.17) is 11.1 Å². The van der Waals surface area contributed by atoms with Crippen LogP contribution in [0.3, 0.4) is 0 Å². The highest BCUT2D eigenvalue weighted by atomic mass is 15.0. The van der Waals surface area contributed by atoms with Gasteiger partial charge in [-0.1, -0.05) is 63.2 Å². The molecule has 2 aromatic carbocycles. The van der Waals surface area contributed by atoms with Crippen molar-refractivity contribution < 1.29 is 0 Å². The Bertz CT molecular complexity index is 622. The lowest BCUT2D eigenvalue weighted by Crippen LogP contribution is -2.29. The number of benzene rings is 2. The Morgan fingerprint density at radius 3 is 2.29 bits per heavy atom. The fraction of sp³-hybridized carbons (Fsp3) is 0.278. The van der Waals surface area contributed by atoms with E-state index in [2.05, 4.69) is 62.5 Å². The van der Waals surface area contributed by atoms with E-state index in [1.165, 1.54) is 16.7 Å². The summed E-state index contributed by atoms with van der Waals surface area (Å²) < 4.78 is 0. The summed E-state index contributed by atoms with van der Waals surface area (Å²) in [5.74, 6) is -0.00469. The molecule has 0 saturated heterocycles. The lowest BCUT2D eigenvalue weighted by Gasteiger charge is -2.19. The maximum atomic E-state index is 7.21. The molecule has 0 aliphatic rings. The van der Waals surface area contributed by atoms with E-state index in [1.807, 2.05) is 12.1 Å². The third-order valence-electron chi connectivity index (χ3n) is 3.49. The summed E-state index contributed by atoms with van der Waals surface area (Å²) in [5, 5.41) is 10.0. The Labute approximate surface area is 126 Å². The first-order chi connectivity index (χ1) is 9.86. The van der Waals surface area contributed by atoms with Crippen molar-refractivity contribution in [3.8, 4) is 11.1 Å². The largest absolute Gasteiger partial charge is 0.370 e. The van der Waals surface area contributed by atoms with Gasteiger partial charge in [-0.15, -0.1) is 0 Å². The zero-order valence-corrected chi connectivity index (χ0v) is 12.9. The molecule has 0 amide bonds. The van der Waals surface area contributed by atoms with Gasteiger partial charge < -0.3 is 11.1 Å². The van der Waals surface area contributed by atoms with Gasteiger partial charge in [0, 0.05) is 6.54 Å². The molecule has 0 bridgehead atoms. The Morgan fingerprint density at radius 2 is 1.71 bits per heavy atom.